The van der Waals surface area contributed by atoms with Gasteiger partial charge < -0.3 is 10.4 Å². The topological polar surface area (TPSA) is 49.3 Å². The summed E-state index contributed by atoms with van der Waals surface area (Å²) in [5.41, 5.74) is 1.50. The van der Waals surface area contributed by atoms with Crippen LogP contribution in [0.15, 0.2) is 30.8 Å². The molecule has 0 atom stereocenters. The molecule has 1 rings (SSSR count). The molecule has 0 fully saturated rings. The van der Waals surface area contributed by atoms with E-state index in [0.29, 0.717) is 5.56 Å². The lowest BCUT2D eigenvalue weighted by Gasteiger charge is -2.07. The summed E-state index contributed by atoms with van der Waals surface area (Å²) in [5.74, 6) is -0.997. The minimum atomic E-state index is -0.997. The molecular weight excluding hydrogens is 166 g/mol. The number of aliphatic carboxylic acids is 1. The van der Waals surface area contributed by atoms with E-state index in [0.717, 1.165) is 5.69 Å². The Labute approximate surface area is 76.7 Å². The highest BCUT2D eigenvalue weighted by molar-refractivity contribution is 6.16. The van der Waals surface area contributed by atoms with Gasteiger partial charge in [-0.25, -0.2) is 4.79 Å². The number of carboxylic acids is 1. The molecule has 0 spiro atoms. The van der Waals surface area contributed by atoms with E-state index in [9.17, 15) is 4.79 Å². The van der Waals surface area contributed by atoms with E-state index >= 15 is 0 Å². The van der Waals surface area contributed by atoms with Crippen LogP contribution in [0.25, 0.3) is 5.57 Å². The van der Waals surface area contributed by atoms with Gasteiger partial charge in [0.25, 0.3) is 0 Å². The Hall–Kier alpha value is -1.77. The lowest BCUT2D eigenvalue weighted by Crippen LogP contribution is -2.01. The predicted molar refractivity (Wildman–Crippen MR) is 52.7 cm³/mol. The average molecular weight is 177 g/mol. The van der Waals surface area contributed by atoms with Crippen molar-refractivity contribution < 1.29 is 9.90 Å². The summed E-state index contributed by atoms with van der Waals surface area (Å²) in [6.07, 6.45) is 0. The molecule has 0 amide bonds. The third kappa shape index (κ3) is 1.87. The zero-order valence-corrected chi connectivity index (χ0v) is 7.37. The van der Waals surface area contributed by atoms with E-state index in [1.54, 1.807) is 19.2 Å². The first-order valence-corrected chi connectivity index (χ1v) is 3.86. The molecule has 0 heterocycles. The Morgan fingerprint density at radius 3 is 2.62 bits per heavy atom. The maximum atomic E-state index is 10.6. The van der Waals surface area contributed by atoms with Crippen LogP contribution in [0.5, 0.6) is 0 Å². The molecule has 0 saturated carbocycles. The molecule has 0 saturated heterocycles. The predicted octanol–water partition coefficient (Wildman–Crippen LogP) is 1.83. The molecule has 0 radical (unpaired) electrons. The van der Waals surface area contributed by atoms with E-state index < -0.39 is 5.97 Å². The highest BCUT2D eigenvalue weighted by Gasteiger charge is 2.09. The first-order valence-electron chi connectivity index (χ1n) is 3.86. The van der Waals surface area contributed by atoms with Gasteiger partial charge in [-0.3, -0.25) is 0 Å². The molecule has 0 unspecified atom stereocenters. The summed E-state index contributed by atoms with van der Waals surface area (Å²) < 4.78 is 0. The van der Waals surface area contributed by atoms with Crippen LogP contribution in [0.2, 0.25) is 0 Å². The van der Waals surface area contributed by atoms with Crippen molar-refractivity contribution in [3.05, 3.63) is 36.4 Å². The van der Waals surface area contributed by atoms with Crippen LogP contribution in [-0.2, 0) is 4.79 Å². The Bertz CT molecular complexity index is 345. The van der Waals surface area contributed by atoms with Gasteiger partial charge in [-0.2, -0.15) is 0 Å². The van der Waals surface area contributed by atoms with Crippen LogP contribution in [0.3, 0.4) is 0 Å². The Morgan fingerprint density at radius 2 is 2.08 bits per heavy atom. The summed E-state index contributed by atoms with van der Waals surface area (Å²) in [4.78, 5) is 10.6. The second-order valence-electron chi connectivity index (χ2n) is 2.58. The van der Waals surface area contributed by atoms with Crippen molar-refractivity contribution in [2.24, 2.45) is 0 Å². The van der Waals surface area contributed by atoms with Crippen LogP contribution in [0, 0.1) is 0 Å². The summed E-state index contributed by atoms with van der Waals surface area (Å²) in [6, 6.07) is 7.15. The number of carboxylic acid groups (broad SMARTS) is 1. The van der Waals surface area contributed by atoms with E-state index in [-0.39, 0.29) is 5.57 Å². The molecule has 1 aromatic rings. The number of carbonyl (C=O) groups is 1. The molecule has 3 nitrogen and oxygen atoms in total. The number of anilines is 1. The number of rotatable bonds is 3. The van der Waals surface area contributed by atoms with Crippen LogP contribution in [0.1, 0.15) is 5.56 Å². The highest BCUT2D eigenvalue weighted by Crippen LogP contribution is 2.21. The van der Waals surface area contributed by atoms with E-state index in [2.05, 4.69) is 11.9 Å². The molecule has 68 valence electrons. The molecule has 0 aliphatic heterocycles. The average Bonchev–Trinajstić information content (AvgIpc) is 2.16. The summed E-state index contributed by atoms with van der Waals surface area (Å²) >= 11 is 0. The fourth-order valence-electron chi connectivity index (χ4n) is 1.08. The monoisotopic (exact) mass is 177 g/mol. The molecule has 2 N–H and O–H groups in total. The van der Waals surface area contributed by atoms with Gasteiger partial charge in [-0.1, -0.05) is 24.8 Å². The maximum Gasteiger partial charge on any atom is 0.335 e. The standard InChI is InChI=1S/C10H11NO2/c1-7(10(12)13)8-5-3-4-6-9(8)11-2/h3-6,11H,1H2,2H3,(H,12,13). The van der Waals surface area contributed by atoms with Gasteiger partial charge in [0.1, 0.15) is 0 Å². The Kier molecular flexibility index (Phi) is 2.69. The minimum absolute atomic E-state index is 0.102. The van der Waals surface area contributed by atoms with Crippen LogP contribution in [-0.4, -0.2) is 18.1 Å². The molecular formula is C10H11NO2. The molecule has 0 aliphatic carbocycles. The van der Waals surface area contributed by atoms with Crippen molar-refractivity contribution in [3.63, 3.8) is 0 Å². The quantitative estimate of drug-likeness (QED) is 0.692. The minimum Gasteiger partial charge on any atom is -0.478 e. The van der Waals surface area contributed by atoms with Gasteiger partial charge in [0, 0.05) is 18.3 Å². The molecule has 0 bridgehead atoms. The molecule has 1 aromatic carbocycles. The number of hydrogen-bond donors (Lipinski definition) is 2. The Morgan fingerprint density at radius 1 is 1.46 bits per heavy atom. The first kappa shape index (κ1) is 9.32. The number of benzene rings is 1. The summed E-state index contributed by atoms with van der Waals surface area (Å²) in [5, 5.41) is 11.6. The molecule has 0 aliphatic rings. The summed E-state index contributed by atoms with van der Waals surface area (Å²) in [6.45, 7) is 3.49. The number of para-hydroxylation sites is 1. The van der Waals surface area contributed by atoms with Crippen LogP contribution < -0.4 is 5.32 Å². The fourth-order valence-corrected chi connectivity index (χ4v) is 1.08. The fraction of sp³-hybridized carbons (Fsp3) is 0.100. The van der Waals surface area contributed by atoms with Gasteiger partial charge in [0.2, 0.25) is 0 Å². The van der Waals surface area contributed by atoms with Gasteiger partial charge >= 0.3 is 5.97 Å². The Balaban J connectivity index is 3.13. The van der Waals surface area contributed by atoms with Crippen LogP contribution in [0.4, 0.5) is 5.69 Å². The van der Waals surface area contributed by atoms with Gasteiger partial charge in [-0.15, -0.1) is 0 Å². The van der Waals surface area contributed by atoms with Crippen molar-refractivity contribution in [2.45, 2.75) is 0 Å². The van der Waals surface area contributed by atoms with Crippen molar-refractivity contribution in [1.82, 2.24) is 0 Å². The van der Waals surface area contributed by atoms with Gasteiger partial charge in [-0.05, 0) is 6.07 Å². The van der Waals surface area contributed by atoms with Gasteiger partial charge in [0.05, 0.1) is 5.57 Å². The molecule has 13 heavy (non-hydrogen) atoms. The van der Waals surface area contributed by atoms with Crippen molar-refractivity contribution in [1.29, 1.82) is 0 Å². The molecule has 0 aromatic heterocycles. The second kappa shape index (κ2) is 3.76. The van der Waals surface area contributed by atoms with E-state index in [1.807, 2.05) is 12.1 Å². The number of nitrogens with one attached hydrogen (secondary N) is 1. The highest BCUT2D eigenvalue weighted by atomic mass is 16.4. The van der Waals surface area contributed by atoms with E-state index in [1.165, 1.54) is 0 Å². The second-order valence-corrected chi connectivity index (χ2v) is 2.58. The van der Waals surface area contributed by atoms with Crippen molar-refractivity contribution >= 4 is 17.2 Å². The largest absolute Gasteiger partial charge is 0.478 e. The van der Waals surface area contributed by atoms with Crippen LogP contribution >= 0.6 is 0 Å². The maximum absolute atomic E-state index is 10.6. The van der Waals surface area contributed by atoms with Crippen molar-refractivity contribution in [2.75, 3.05) is 12.4 Å². The summed E-state index contributed by atoms with van der Waals surface area (Å²) in [7, 11) is 1.74. The third-order valence-corrected chi connectivity index (χ3v) is 1.78. The zero-order chi connectivity index (χ0) is 9.84. The molecule has 3 heteroatoms. The first-order chi connectivity index (χ1) is 6.16. The van der Waals surface area contributed by atoms with Gasteiger partial charge in [0.15, 0.2) is 0 Å². The third-order valence-electron chi connectivity index (χ3n) is 1.78. The lowest BCUT2D eigenvalue weighted by atomic mass is 10.1. The SMILES string of the molecule is C=C(C(=O)O)c1ccccc1NC. The lowest BCUT2D eigenvalue weighted by molar-refractivity contribution is -0.130. The zero-order valence-electron chi connectivity index (χ0n) is 7.37. The van der Waals surface area contributed by atoms with Crippen molar-refractivity contribution in [3.8, 4) is 0 Å². The smallest absolute Gasteiger partial charge is 0.335 e. The van der Waals surface area contributed by atoms with E-state index in [4.69, 9.17) is 5.11 Å². The normalized spacial score (nSPS) is 9.31. The number of hydrogen-bond acceptors (Lipinski definition) is 2.